The van der Waals surface area contributed by atoms with E-state index in [2.05, 4.69) is 12.2 Å². The molecule has 0 aromatic carbocycles. The third kappa shape index (κ3) is 6.05. The van der Waals surface area contributed by atoms with Gasteiger partial charge in [0.2, 0.25) is 0 Å². The largest absolute Gasteiger partial charge is 0.401 e. The van der Waals surface area contributed by atoms with Gasteiger partial charge < -0.3 is 5.32 Å². The predicted molar refractivity (Wildman–Crippen MR) is 67.6 cm³/mol. The molecule has 18 heavy (non-hydrogen) atoms. The monoisotopic (exact) mass is 266 g/mol. The van der Waals surface area contributed by atoms with Gasteiger partial charge in [-0.15, -0.1) is 0 Å². The summed E-state index contributed by atoms with van der Waals surface area (Å²) >= 11 is 0. The van der Waals surface area contributed by atoms with Crippen LogP contribution in [0.2, 0.25) is 0 Å². The summed E-state index contributed by atoms with van der Waals surface area (Å²) < 4.78 is 37.4. The van der Waals surface area contributed by atoms with Crippen molar-refractivity contribution in [2.45, 2.75) is 51.7 Å². The van der Waals surface area contributed by atoms with Crippen LogP contribution in [-0.4, -0.2) is 43.3 Å². The summed E-state index contributed by atoms with van der Waals surface area (Å²) in [5.41, 5.74) is 0. The average molecular weight is 266 g/mol. The highest BCUT2D eigenvalue weighted by Gasteiger charge is 2.32. The first-order valence-electron chi connectivity index (χ1n) is 6.97. The Labute approximate surface area is 108 Å². The first-order chi connectivity index (χ1) is 8.44. The summed E-state index contributed by atoms with van der Waals surface area (Å²) in [6.07, 6.45) is -0.0339. The standard InChI is InChI=1S/C13H25F3N2/c1-3-7-18(10-13(14,15)16)9-12-8-11(4-2)5-6-17-12/h11-12,17H,3-10H2,1-2H3. The lowest BCUT2D eigenvalue weighted by Gasteiger charge is -2.34. The normalized spacial score (nSPS) is 25.7. The summed E-state index contributed by atoms with van der Waals surface area (Å²) in [5, 5.41) is 3.35. The van der Waals surface area contributed by atoms with Crippen molar-refractivity contribution in [2.75, 3.05) is 26.2 Å². The molecule has 5 heteroatoms. The predicted octanol–water partition coefficient (Wildman–Crippen LogP) is 3.04. The lowest BCUT2D eigenvalue weighted by atomic mass is 9.90. The van der Waals surface area contributed by atoms with Crippen LogP contribution in [0.25, 0.3) is 0 Å². The molecular weight excluding hydrogens is 241 g/mol. The summed E-state index contributed by atoms with van der Waals surface area (Å²) in [6, 6.07) is 0.220. The SMILES string of the molecule is CCCN(CC1CC(CC)CCN1)CC(F)(F)F. The molecule has 1 aliphatic heterocycles. The zero-order chi connectivity index (χ0) is 13.6. The Balaban J connectivity index is 2.44. The second-order valence-electron chi connectivity index (χ2n) is 5.30. The molecule has 0 bridgehead atoms. The number of hydrogen-bond acceptors (Lipinski definition) is 2. The maximum Gasteiger partial charge on any atom is 0.401 e. The molecule has 0 amide bonds. The van der Waals surface area contributed by atoms with E-state index in [1.807, 2.05) is 6.92 Å². The minimum absolute atomic E-state index is 0.220. The number of rotatable bonds is 6. The van der Waals surface area contributed by atoms with E-state index in [1.54, 1.807) is 0 Å². The molecular formula is C13H25F3N2. The van der Waals surface area contributed by atoms with Crippen molar-refractivity contribution in [2.24, 2.45) is 5.92 Å². The number of alkyl halides is 3. The van der Waals surface area contributed by atoms with Crippen molar-refractivity contribution in [3.05, 3.63) is 0 Å². The van der Waals surface area contributed by atoms with Gasteiger partial charge in [0.15, 0.2) is 0 Å². The zero-order valence-electron chi connectivity index (χ0n) is 11.4. The summed E-state index contributed by atoms with van der Waals surface area (Å²) in [6.45, 7) is 5.28. The fourth-order valence-corrected chi connectivity index (χ4v) is 2.72. The molecule has 1 aliphatic rings. The minimum atomic E-state index is -4.09. The highest BCUT2D eigenvalue weighted by molar-refractivity contribution is 4.81. The van der Waals surface area contributed by atoms with Gasteiger partial charge in [-0.1, -0.05) is 20.3 Å². The molecule has 0 radical (unpaired) electrons. The van der Waals surface area contributed by atoms with Crippen molar-refractivity contribution in [3.63, 3.8) is 0 Å². The molecule has 0 aromatic rings. The van der Waals surface area contributed by atoms with Gasteiger partial charge in [0.25, 0.3) is 0 Å². The van der Waals surface area contributed by atoms with E-state index in [9.17, 15) is 13.2 Å². The van der Waals surface area contributed by atoms with Crippen LogP contribution in [0.1, 0.15) is 39.5 Å². The van der Waals surface area contributed by atoms with E-state index < -0.39 is 12.7 Å². The quantitative estimate of drug-likeness (QED) is 0.795. The van der Waals surface area contributed by atoms with Crippen LogP contribution < -0.4 is 5.32 Å². The van der Waals surface area contributed by atoms with Crippen molar-refractivity contribution in [1.82, 2.24) is 10.2 Å². The average Bonchev–Trinajstić information content (AvgIpc) is 2.27. The van der Waals surface area contributed by atoms with Crippen molar-refractivity contribution >= 4 is 0 Å². The van der Waals surface area contributed by atoms with Crippen LogP contribution in [0, 0.1) is 5.92 Å². The second kappa shape index (κ2) is 7.34. The van der Waals surface area contributed by atoms with Crippen LogP contribution >= 0.6 is 0 Å². The molecule has 2 unspecified atom stereocenters. The zero-order valence-corrected chi connectivity index (χ0v) is 11.4. The molecule has 1 N–H and O–H groups in total. The van der Waals surface area contributed by atoms with E-state index in [0.717, 1.165) is 32.2 Å². The molecule has 1 rings (SSSR count). The summed E-state index contributed by atoms with van der Waals surface area (Å²) in [4.78, 5) is 1.54. The van der Waals surface area contributed by atoms with Gasteiger partial charge in [-0.2, -0.15) is 13.2 Å². The molecule has 108 valence electrons. The van der Waals surface area contributed by atoms with Gasteiger partial charge in [0.05, 0.1) is 6.54 Å². The van der Waals surface area contributed by atoms with Gasteiger partial charge in [0.1, 0.15) is 0 Å². The highest BCUT2D eigenvalue weighted by Crippen LogP contribution is 2.21. The number of halogens is 3. The maximum absolute atomic E-state index is 12.5. The third-order valence-electron chi connectivity index (χ3n) is 3.60. The Morgan fingerprint density at radius 2 is 2.00 bits per heavy atom. The van der Waals surface area contributed by atoms with E-state index in [0.29, 0.717) is 19.0 Å². The lowest BCUT2D eigenvalue weighted by molar-refractivity contribution is -0.146. The van der Waals surface area contributed by atoms with Crippen LogP contribution in [0.15, 0.2) is 0 Å². The minimum Gasteiger partial charge on any atom is -0.313 e. The highest BCUT2D eigenvalue weighted by atomic mass is 19.4. The van der Waals surface area contributed by atoms with Gasteiger partial charge in [-0.25, -0.2) is 0 Å². The van der Waals surface area contributed by atoms with Crippen LogP contribution in [0.3, 0.4) is 0 Å². The lowest BCUT2D eigenvalue weighted by Crippen LogP contribution is -2.48. The van der Waals surface area contributed by atoms with Crippen LogP contribution in [0.4, 0.5) is 13.2 Å². The molecule has 0 aromatic heterocycles. The number of nitrogens with zero attached hydrogens (tertiary/aromatic N) is 1. The molecule has 0 spiro atoms. The molecule has 2 atom stereocenters. The van der Waals surface area contributed by atoms with E-state index >= 15 is 0 Å². The smallest absolute Gasteiger partial charge is 0.313 e. The fraction of sp³-hybridized carbons (Fsp3) is 1.00. The van der Waals surface area contributed by atoms with E-state index in [-0.39, 0.29) is 6.04 Å². The molecule has 1 fully saturated rings. The maximum atomic E-state index is 12.5. The van der Waals surface area contributed by atoms with Crippen LogP contribution in [-0.2, 0) is 0 Å². The molecule has 0 saturated carbocycles. The number of hydrogen-bond donors (Lipinski definition) is 1. The Hall–Kier alpha value is -0.290. The first kappa shape index (κ1) is 15.8. The summed E-state index contributed by atoms with van der Waals surface area (Å²) in [7, 11) is 0. The van der Waals surface area contributed by atoms with Crippen LogP contribution in [0.5, 0.6) is 0 Å². The van der Waals surface area contributed by atoms with Gasteiger partial charge in [0, 0.05) is 12.6 Å². The molecule has 1 saturated heterocycles. The Morgan fingerprint density at radius 1 is 1.28 bits per heavy atom. The Morgan fingerprint density at radius 3 is 2.56 bits per heavy atom. The third-order valence-corrected chi connectivity index (χ3v) is 3.60. The Bertz CT molecular complexity index is 231. The van der Waals surface area contributed by atoms with E-state index in [4.69, 9.17) is 0 Å². The second-order valence-corrected chi connectivity index (χ2v) is 5.30. The van der Waals surface area contributed by atoms with Gasteiger partial charge in [-0.05, 0) is 38.3 Å². The molecule has 2 nitrogen and oxygen atoms in total. The van der Waals surface area contributed by atoms with Gasteiger partial charge >= 0.3 is 6.18 Å². The number of nitrogens with one attached hydrogen (secondary N) is 1. The number of piperidine rings is 1. The topological polar surface area (TPSA) is 15.3 Å². The summed E-state index contributed by atoms with van der Waals surface area (Å²) in [5.74, 6) is 0.672. The molecule has 0 aliphatic carbocycles. The van der Waals surface area contributed by atoms with Crippen molar-refractivity contribution in [1.29, 1.82) is 0 Å². The van der Waals surface area contributed by atoms with Crippen molar-refractivity contribution < 1.29 is 13.2 Å². The van der Waals surface area contributed by atoms with Gasteiger partial charge in [-0.3, -0.25) is 4.90 Å². The molecule has 1 heterocycles. The van der Waals surface area contributed by atoms with E-state index in [1.165, 1.54) is 4.90 Å². The fourth-order valence-electron chi connectivity index (χ4n) is 2.72. The Kier molecular flexibility index (Phi) is 6.43. The van der Waals surface area contributed by atoms with Crippen molar-refractivity contribution in [3.8, 4) is 0 Å². The first-order valence-corrected chi connectivity index (χ1v) is 6.97.